The lowest BCUT2D eigenvalue weighted by atomic mass is 9.98. The number of carbonyl (C=O) groups excluding carboxylic acids is 1. The van der Waals surface area contributed by atoms with Gasteiger partial charge in [-0.15, -0.1) is 0 Å². The number of benzene rings is 2. The number of nitriles is 1. The number of nitrogens with one attached hydrogen (secondary N) is 1. The van der Waals surface area contributed by atoms with E-state index in [0.29, 0.717) is 18.7 Å². The van der Waals surface area contributed by atoms with Crippen molar-refractivity contribution in [1.29, 1.82) is 5.26 Å². The Morgan fingerprint density at radius 2 is 2.00 bits per heavy atom. The first-order chi connectivity index (χ1) is 11.7. The molecule has 0 atom stereocenters. The maximum absolute atomic E-state index is 12.5. The number of fused-ring (bicyclic) bond motifs is 1. The molecule has 2 aromatic rings. The van der Waals surface area contributed by atoms with Crippen molar-refractivity contribution >= 4 is 11.7 Å². The van der Waals surface area contributed by atoms with E-state index in [1.165, 1.54) is 11.1 Å². The largest absolute Gasteiger partial charge is 0.322 e. The zero-order chi connectivity index (χ0) is 16.9. The Hall–Kier alpha value is -2.80. The van der Waals surface area contributed by atoms with Gasteiger partial charge in [-0.2, -0.15) is 5.26 Å². The Morgan fingerprint density at radius 1 is 1.21 bits per heavy atom. The molecule has 3 rings (SSSR count). The molecule has 0 saturated heterocycles. The summed E-state index contributed by atoms with van der Waals surface area (Å²) in [6, 6.07) is 15.8. The van der Waals surface area contributed by atoms with Crippen LogP contribution < -0.4 is 5.32 Å². The van der Waals surface area contributed by atoms with Crippen LogP contribution in [0.5, 0.6) is 0 Å². The van der Waals surface area contributed by atoms with Crippen LogP contribution in [-0.2, 0) is 19.4 Å². The minimum Gasteiger partial charge on any atom is -0.320 e. The average molecular weight is 319 g/mol. The van der Waals surface area contributed by atoms with E-state index in [4.69, 9.17) is 5.26 Å². The number of urea groups is 1. The highest BCUT2D eigenvalue weighted by atomic mass is 16.2. The van der Waals surface area contributed by atoms with Crippen molar-refractivity contribution in [3.63, 3.8) is 0 Å². The summed E-state index contributed by atoms with van der Waals surface area (Å²) in [6.07, 6.45) is 2.96. The van der Waals surface area contributed by atoms with Gasteiger partial charge in [0.1, 0.15) is 0 Å². The standard InChI is InChI=1S/C20H21N3O/c1-2-3-15-5-8-19(9-6-15)22-20(24)23-11-10-17-12-16(13-21)4-7-18(17)14-23/h4-9,12H,2-3,10-11,14H2,1H3,(H,22,24). The Balaban J connectivity index is 1.64. The van der Waals surface area contributed by atoms with Gasteiger partial charge in [0.15, 0.2) is 0 Å². The van der Waals surface area contributed by atoms with Crippen LogP contribution in [0.25, 0.3) is 0 Å². The Labute approximate surface area is 142 Å². The van der Waals surface area contributed by atoms with E-state index in [0.717, 1.165) is 30.5 Å². The molecular weight excluding hydrogens is 298 g/mol. The minimum atomic E-state index is -0.0757. The second-order valence-electron chi connectivity index (χ2n) is 6.14. The SMILES string of the molecule is CCCc1ccc(NC(=O)N2CCc3cc(C#N)ccc3C2)cc1. The number of aryl methyl sites for hydroxylation is 1. The van der Waals surface area contributed by atoms with Crippen molar-refractivity contribution in [2.75, 3.05) is 11.9 Å². The summed E-state index contributed by atoms with van der Waals surface area (Å²) >= 11 is 0. The minimum absolute atomic E-state index is 0.0757. The molecule has 4 nitrogen and oxygen atoms in total. The smallest absolute Gasteiger partial charge is 0.320 e. The predicted octanol–water partition coefficient (Wildman–Crippen LogP) is 4.10. The predicted molar refractivity (Wildman–Crippen MR) is 94.7 cm³/mol. The fourth-order valence-corrected chi connectivity index (χ4v) is 3.04. The third-order valence-electron chi connectivity index (χ3n) is 4.38. The maximum Gasteiger partial charge on any atom is 0.322 e. The molecule has 24 heavy (non-hydrogen) atoms. The molecule has 0 unspecified atom stereocenters. The van der Waals surface area contributed by atoms with Gasteiger partial charge in [-0.1, -0.05) is 31.5 Å². The lowest BCUT2D eigenvalue weighted by Crippen LogP contribution is -2.38. The first kappa shape index (κ1) is 16.1. The van der Waals surface area contributed by atoms with Crippen molar-refractivity contribution in [2.24, 2.45) is 0 Å². The molecule has 0 radical (unpaired) electrons. The maximum atomic E-state index is 12.5. The highest BCUT2D eigenvalue weighted by Crippen LogP contribution is 2.21. The van der Waals surface area contributed by atoms with Crippen LogP contribution in [0.3, 0.4) is 0 Å². The van der Waals surface area contributed by atoms with Gasteiger partial charge in [0.25, 0.3) is 0 Å². The number of hydrogen-bond acceptors (Lipinski definition) is 2. The zero-order valence-electron chi connectivity index (χ0n) is 13.9. The molecular formula is C20H21N3O. The van der Waals surface area contributed by atoms with E-state index in [9.17, 15) is 4.79 Å². The summed E-state index contributed by atoms with van der Waals surface area (Å²) in [4.78, 5) is 14.3. The van der Waals surface area contributed by atoms with Crippen LogP contribution in [0.1, 0.15) is 35.6 Å². The summed E-state index contributed by atoms with van der Waals surface area (Å²) in [6.45, 7) is 3.41. The highest BCUT2D eigenvalue weighted by molar-refractivity contribution is 5.89. The van der Waals surface area contributed by atoms with E-state index >= 15 is 0 Å². The van der Waals surface area contributed by atoms with Gasteiger partial charge in [-0.25, -0.2) is 4.79 Å². The molecule has 0 aliphatic carbocycles. The normalized spacial score (nSPS) is 13.1. The van der Waals surface area contributed by atoms with Crippen molar-refractivity contribution in [3.8, 4) is 6.07 Å². The number of nitrogens with zero attached hydrogens (tertiary/aromatic N) is 2. The Morgan fingerprint density at radius 3 is 2.71 bits per heavy atom. The molecule has 1 aliphatic rings. The van der Waals surface area contributed by atoms with Gasteiger partial charge in [0.05, 0.1) is 11.6 Å². The molecule has 0 saturated carbocycles. The molecule has 0 fully saturated rings. The molecule has 122 valence electrons. The van der Waals surface area contributed by atoms with Gasteiger partial charge >= 0.3 is 6.03 Å². The molecule has 2 aromatic carbocycles. The first-order valence-corrected chi connectivity index (χ1v) is 8.36. The van der Waals surface area contributed by atoms with Gasteiger partial charge in [0, 0.05) is 18.8 Å². The summed E-state index contributed by atoms with van der Waals surface area (Å²) in [7, 11) is 0. The third-order valence-corrected chi connectivity index (χ3v) is 4.38. The fourth-order valence-electron chi connectivity index (χ4n) is 3.04. The summed E-state index contributed by atoms with van der Waals surface area (Å²) < 4.78 is 0. The van der Waals surface area contributed by atoms with Crippen LogP contribution in [-0.4, -0.2) is 17.5 Å². The van der Waals surface area contributed by atoms with Crippen molar-refractivity contribution in [3.05, 3.63) is 64.7 Å². The Bertz CT molecular complexity index is 774. The van der Waals surface area contributed by atoms with E-state index < -0.39 is 0 Å². The van der Waals surface area contributed by atoms with Crippen LogP contribution >= 0.6 is 0 Å². The van der Waals surface area contributed by atoms with Crippen LogP contribution in [0.2, 0.25) is 0 Å². The molecule has 4 heteroatoms. The van der Waals surface area contributed by atoms with E-state index in [-0.39, 0.29) is 6.03 Å². The lowest BCUT2D eigenvalue weighted by Gasteiger charge is -2.29. The quantitative estimate of drug-likeness (QED) is 0.926. The molecule has 1 heterocycles. The summed E-state index contributed by atoms with van der Waals surface area (Å²) in [5, 5.41) is 11.9. The first-order valence-electron chi connectivity index (χ1n) is 8.36. The third kappa shape index (κ3) is 3.57. The lowest BCUT2D eigenvalue weighted by molar-refractivity contribution is 0.206. The molecule has 0 aromatic heterocycles. The number of amides is 2. The van der Waals surface area contributed by atoms with Crippen LogP contribution in [0.15, 0.2) is 42.5 Å². The summed E-state index contributed by atoms with van der Waals surface area (Å²) in [5.41, 5.74) is 5.08. The second-order valence-corrected chi connectivity index (χ2v) is 6.14. The molecule has 1 aliphatic heterocycles. The monoisotopic (exact) mass is 319 g/mol. The second kappa shape index (κ2) is 7.18. The topological polar surface area (TPSA) is 56.1 Å². The number of rotatable bonds is 3. The van der Waals surface area contributed by atoms with Gasteiger partial charge in [0.2, 0.25) is 0 Å². The molecule has 0 spiro atoms. The Kier molecular flexibility index (Phi) is 4.81. The number of anilines is 1. The van der Waals surface area contributed by atoms with E-state index in [1.54, 1.807) is 0 Å². The van der Waals surface area contributed by atoms with Crippen molar-refractivity contribution in [2.45, 2.75) is 32.7 Å². The van der Waals surface area contributed by atoms with Crippen molar-refractivity contribution in [1.82, 2.24) is 4.90 Å². The number of carbonyl (C=O) groups is 1. The van der Waals surface area contributed by atoms with E-state index in [1.807, 2.05) is 35.2 Å². The molecule has 2 amide bonds. The zero-order valence-corrected chi connectivity index (χ0v) is 13.9. The fraction of sp³-hybridized carbons (Fsp3) is 0.300. The van der Waals surface area contributed by atoms with Crippen molar-refractivity contribution < 1.29 is 4.79 Å². The van der Waals surface area contributed by atoms with E-state index in [2.05, 4.69) is 30.4 Å². The van der Waals surface area contributed by atoms with Crippen LogP contribution in [0, 0.1) is 11.3 Å². The molecule has 0 bridgehead atoms. The molecule has 1 N–H and O–H groups in total. The highest BCUT2D eigenvalue weighted by Gasteiger charge is 2.20. The summed E-state index contributed by atoms with van der Waals surface area (Å²) in [5.74, 6) is 0. The van der Waals surface area contributed by atoms with Gasteiger partial charge in [-0.3, -0.25) is 0 Å². The average Bonchev–Trinajstić information content (AvgIpc) is 2.62. The number of hydrogen-bond donors (Lipinski definition) is 1. The van der Waals surface area contributed by atoms with Gasteiger partial charge in [-0.05, 0) is 53.8 Å². The van der Waals surface area contributed by atoms with Gasteiger partial charge < -0.3 is 10.2 Å². The van der Waals surface area contributed by atoms with Crippen LogP contribution in [0.4, 0.5) is 10.5 Å².